The third-order valence-corrected chi connectivity index (χ3v) is 4.88. The molecule has 0 bridgehead atoms. The highest BCUT2D eigenvalue weighted by Crippen LogP contribution is 2.50. The van der Waals surface area contributed by atoms with Gasteiger partial charge in [0.05, 0.1) is 5.69 Å². The van der Waals surface area contributed by atoms with Gasteiger partial charge in [-0.3, -0.25) is 9.35 Å². The van der Waals surface area contributed by atoms with Crippen molar-refractivity contribution in [2.75, 3.05) is 0 Å². The number of fused-ring (bicyclic) bond motifs is 1. The SMILES string of the molecule is CC1(c2[nH]cc3ccccc23)N(S(=O)(=O)O)C(=O)C1(O)O. The van der Waals surface area contributed by atoms with Gasteiger partial charge >= 0.3 is 16.2 Å². The highest BCUT2D eigenvalue weighted by atomic mass is 32.2. The number of carbonyl (C=O) groups is 1. The third kappa shape index (κ3) is 1.54. The lowest BCUT2D eigenvalue weighted by atomic mass is 9.78. The Kier molecular flexibility index (Phi) is 2.55. The van der Waals surface area contributed by atoms with Crippen molar-refractivity contribution < 1.29 is 28.0 Å². The molecule has 2 aromatic rings. The largest absolute Gasteiger partial charge is 0.363 e. The Hall–Kier alpha value is -1.94. The van der Waals surface area contributed by atoms with E-state index in [-0.39, 0.29) is 10.00 Å². The van der Waals surface area contributed by atoms with Crippen LogP contribution in [0, 0.1) is 0 Å². The Bertz CT molecular complexity index is 856. The van der Waals surface area contributed by atoms with E-state index >= 15 is 0 Å². The van der Waals surface area contributed by atoms with Gasteiger partial charge in [-0.2, -0.15) is 12.7 Å². The van der Waals surface area contributed by atoms with Gasteiger partial charge in [-0.25, -0.2) is 0 Å². The first kappa shape index (κ1) is 14.0. The minimum atomic E-state index is -4.94. The van der Waals surface area contributed by atoms with E-state index in [0.29, 0.717) is 10.8 Å². The van der Waals surface area contributed by atoms with E-state index in [4.69, 9.17) is 0 Å². The maximum atomic E-state index is 11.6. The number of nitrogens with one attached hydrogen (secondary N) is 1. The number of amides is 1. The normalized spacial score (nSPS) is 25.1. The molecule has 1 amide bonds. The van der Waals surface area contributed by atoms with Crippen molar-refractivity contribution in [2.45, 2.75) is 18.2 Å². The van der Waals surface area contributed by atoms with Crippen LogP contribution < -0.4 is 0 Å². The summed E-state index contributed by atoms with van der Waals surface area (Å²) in [5.41, 5.74) is -1.96. The zero-order valence-corrected chi connectivity index (χ0v) is 11.6. The molecule has 8 nitrogen and oxygen atoms in total. The highest BCUT2D eigenvalue weighted by molar-refractivity contribution is 7.84. The minimum absolute atomic E-state index is 0.0538. The lowest BCUT2D eigenvalue weighted by Crippen LogP contribution is -2.80. The number of β-lactam (4-membered cyclic amide) rings is 1. The fourth-order valence-corrected chi connectivity index (χ4v) is 3.75. The highest BCUT2D eigenvalue weighted by Gasteiger charge is 2.74. The molecule has 9 heteroatoms. The van der Waals surface area contributed by atoms with Gasteiger partial charge in [0, 0.05) is 11.6 Å². The molecule has 3 rings (SSSR count). The van der Waals surface area contributed by atoms with Crippen LogP contribution in [0.4, 0.5) is 0 Å². The zero-order chi connectivity index (χ0) is 15.6. The summed E-state index contributed by atoms with van der Waals surface area (Å²) >= 11 is 0. The van der Waals surface area contributed by atoms with Crippen molar-refractivity contribution in [3.05, 3.63) is 36.2 Å². The summed E-state index contributed by atoms with van der Waals surface area (Å²) in [4.78, 5) is 14.4. The van der Waals surface area contributed by atoms with E-state index in [9.17, 15) is 28.0 Å². The molecule has 1 atom stereocenters. The molecule has 1 aromatic carbocycles. The van der Waals surface area contributed by atoms with Crippen LogP contribution in [-0.2, 0) is 20.6 Å². The monoisotopic (exact) mass is 312 g/mol. The number of carbonyl (C=O) groups excluding carboxylic acids is 1. The summed E-state index contributed by atoms with van der Waals surface area (Å²) in [5, 5.41) is 21.1. The number of benzene rings is 1. The molecular formula is C12H12N2O6S. The second kappa shape index (κ2) is 3.83. The fourth-order valence-electron chi connectivity index (χ4n) is 2.73. The number of hydrogen-bond donors (Lipinski definition) is 4. The molecule has 21 heavy (non-hydrogen) atoms. The first-order chi connectivity index (χ1) is 9.62. The van der Waals surface area contributed by atoms with Crippen molar-refractivity contribution >= 4 is 27.0 Å². The molecule has 4 N–H and O–H groups in total. The molecule has 0 aliphatic carbocycles. The number of aliphatic hydroxyl groups is 2. The lowest BCUT2D eigenvalue weighted by molar-refractivity contribution is -0.279. The Morgan fingerprint density at radius 2 is 1.86 bits per heavy atom. The lowest BCUT2D eigenvalue weighted by Gasteiger charge is -2.54. The zero-order valence-electron chi connectivity index (χ0n) is 10.8. The van der Waals surface area contributed by atoms with Crippen molar-refractivity contribution in [2.24, 2.45) is 0 Å². The molecule has 1 saturated heterocycles. The Labute approximate surface area is 119 Å². The summed E-state index contributed by atoms with van der Waals surface area (Å²) in [6, 6.07) is 6.79. The number of nitrogens with zero attached hydrogens (tertiary/aromatic N) is 1. The molecule has 2 heterocycles. The Morgan fingerprint density at radius 1 is 1.24 bits per heavy atom. The van der Waals surface area contributed by atoms with Crippen LogP contribution in [-0.4, -0.2) is 44.2 Å². The molecule has 0 saturated carbocycles. The second-order valence-corrected chi connectivity index (χ2v) is 6.30. The average Bonchev–Trinajstić information content (AvgIpc) is 2.80. The molecule has 1 aliphatic heterocycles. The second-order valence-electron chi connectivity index (χ2n) is 5.04. The first-order valence-corrected chi connectivity index (χ1v) is 7.35. The van der Waals surface area contributed by atoms with E-state index in [0.717, 1.165) is 6.92 Å². The van der Waals surface area contributed by atoms with Gasteiger partial charge in [-0.1, -0.05) is 24.3 Å². The summed E-state index contributed by atoms with van der Waals surface area (Å²) in [5.74, 6) is -4.46. The smallest absolute Gasteiger partial charge is 0.362 e. The average molecular weight is 312 g/mol. The molecule has 112 valence electrons. The summed E-state index contributed by atoms with van der Waals surface area (Å²) < 4.78 is 32.0. The van der Waals surface area contributed by atoms with Gasteiger partial charge in [0.25, 0.3) is 5.79 Å². The summed E-state index contributed by atoms with van der Waals surface area (Å²) in [6.45, 7) is 1.14. The van der Waals surface area contributed by atoms with Crippen molar-refractivity contribution in [3.63, 3.8) is 0 Å². The predicted octanol–water partition coefficient (Wildman–Crippen LogP) is -0.291. The molecular weight excluding hydrogens is 300 g/mol. The molecule has 0 spiro atoms. The van der Waals surface area contributed by atoms with Crippen LogP contribution in [0.1, 0.15) is 12.6 Å². The maximum Gasteiger partial charge on any atom is 0.363 e. The fraction of sp³-hybridized carbons (Fsp3) is 0.250. The van der Waals surface area contributed by atoms with Crippen molar-refractivity contribution in [3.8, 4) is 0 Å². The Balaban J connectivity index is 2.29. The Morgan fingerprint density at radius 3 is 2.48 bits per heavy atom. The summed E-state index contributed by atoms with van der Waals surface area (Å²) in [7, 11) is -4.94. The van der Waals surface area contributed by atoms with Gasteiger partial charge in [0.2, 0.25) is 0 Å². The molecule has 1 aromatic heterocycles. The van der Waals surface area contributed by atoms with Crippen LogP contribution in [0.25, 0.3) is 10.8 Å². The van der Waals surface area contributed by atoms with Crippen LogP contribution in [0.5, 0.6) is 0 Å². The van der Waals surface area contributed by atoms with Crippen LogP contribution in [0.3, 0.4) is 0 Å². The van der Waals surface area contributed by atoms with E-state index < -0.39 is 27.5 Å². The van der Waals surface area contributed by atoms with Gasteiger partial charge in [-0.05, 0) is 12.3 Å². The van der Waals surface area contributed by atoms with Gasteiger partial charge in [0.1, 0.15) is 0 Å². The quantitative estimate of drug-likeness (QED) is 0.342. The molecule has 1 aliphatic rings. The first-order valence-electron chi connectivity index (χ1n) is 5.95. The van der Waals surface area contributed by atoms with E-state index in [2.05, 4.69) is 4.98 Å². The number of aromatic amines is 1. The topological polar surface area (TPSA) is 131 Å². The van der Waals surface area contributed by atoms with Crippen LogP contribution in [0.15, 0.2) is 30.5 Å². The van der Waals surface area contributed by atoms with Crippen LogP contribution >= 0.6 is 0 Å². The van der Waals surface area contributed by atoms with E-state index in [1.165, 1.54) is 6.20 Å². The van der Waals surface area contributed by atoms with E-state index in [1.807, 2.05) is 0 Å². The van der Waals surface area contributed by atoms with Gasteiger partial charge in [0.15, 0.2) is 5.54 Å². The standard InChI is InChI=1S/C12H12N2O6S/c1-11(9-8-5-3-2-4-7(8)6-13-9)12(16,17)10(15)14(11)21(18,19)20/h2-6,13,16-17H,1H3,(H,18,19,20). The molecule has 1 fully saturated rings. The predicted molar refractivity (Wildman–Crippen MR) is 71.2 cm³/mol. The summed E-state index contributed by atoms with van der Waals surface area (Å²) in [6.07, 6.45) is 1.54. The molecule has 0 radical (unpaired) electrons. The number of rotatable bonds is 2. The minimum Gasteiger partial charge on any atom is -0.362 e. The van der Waals surface area contributed by atoms with E-state index in [1.54, 1.807) is 24.3 Å². The van der Waals surface area contributed by atoms with Gasteiger partial charge < -0.3 is 15.2 Å². The van der Waals surface area contributed by atoms with Crippen molar-refractivity contribution in [1.29, 1.82) is 0 Å². The molecule has 1 unspecified atom stereocenters. The number of aromatic nitrogens is 1. The van der Waals surface area contributed by atoms with Gasteiger partial charge in [-0.15, -0.1) is 0 Å². The number of H-pyrrole nitrogens is 1. The van der Waals surface area contributed by atoms with Crippen LogP contribution in [0.2, 0.25) is 0 Å². The third-order valence-electron chi connectivity index (χ3n) is 3.89. The number of hydrogen-bond acceptors (Lipinski definition) is 5. The van der Waals surface area contributed by atoms with Crippen molar-refractivity contribution in [1.82, 2.24) is 9.29 Å². The maximum absolute atomic E-state index is 11.6.